The summed E-state index contributed by atoms with van der Waals surface area (Å²) in [5.41, 5.74) is -1.39. The van der Waals surface area contributed by atoms with Gasteiger partial charge < -0.3 is 15.3 Å². The van der Waals surface area contributed by atoms with Crippen LogP contribution in [0.4, 0.5) is 13.2 Å². The fourth-order valence-corrected chi connectivity index (χ4v) is 8.91. The lowest BCUT2D eigenvalue weighted by atomic mass is 10.2. The van der Waals surface area contributed by atoms with Crippen molar-refractivity contribution in [2.24, 2.45) is 0 Å². The van der Waals surface area contributed by atoms with Gasteiger partial charge in [-0.2, -0.15) is 21.6 Å². The van der Waals surface area contributed by atoms with E-state index in [0.29, 0.717) is 6.07 Å². The molecule has 4 aromatic rings. The maximum atomic E-state index is 13.7. The van der Waals surface area contributed by atoms with E-state index in [-0.39, 0.29) is 31.9 Å². The number of hydrogen-bond donors (Lipinski definition) is 3. The zero-order chi connectivity index (χ0) is 26.1. The molecule has 0 spiro atoms. The lowest BCUT2D eigenvalue weighted by Crippen LogP contribution is -2.18. The number of rotatable bonds is 6. The smallest absolute Gasteiger partial charge is 0.417 e. The lowest BCUT2D eigenvalue weighted by molar-refractivity contribution is -0.139. The number of halogens is 3. The van der Waals surface area contributed by atoms with Gasteiger partial charge in [0.1, 0.15) is 22.1 Å². The zero-order valence-corrected chi connectivity index (χ0v) is 19.9. The summed E-state index contributed by atoms with van der Waals surface area (Å²) in [6.45, 7) is 0. The third-order valence-electron chi connectivity index (χ3n) is 5.16. The fourth-order valence-electron chi connectivity index (χ4n) is 3.53. The number of alkyl halides is 3. The van der Waals surface area contributed by atoms with E-state index in [2.05, 4.69) is 0 Å². The van der Waals surface area contributed by atoms with Gasteiger partial charge in [-0.05, 0) is 95.2 Å². The van der Waals surface area contributed by atoms with Crippen molar-refractivity contribution in [2.75, 3.05) is 0 Å². The van der Waals surface area contributed by atoms with Gasteiger partial charge in [-0.15, -0.1) is 0 Å². The van der Waals surface area contributed by atoms with Crippen molar-refractivity contribution in [2.45, 2.75) is 25.8 Å². The summed E-state index contributed by atoms with van der Waals surface area (Å²) < 4.78 is 74.2. The van der Waals surface area contributed by atoms with Crippen molar-refractivity contribution in [1.29, 1.82) is 0 Å². The summed E-state index contributed by atoms with van der Waals surface area (Å²) in [5.74, 6) is -0.392. The van der Waals surface area contributed by atoms with Crippen LogP contribution in [0.3, 0.4) is 0 Å². The first kappa shape index (κ1) is 25.4. The molecule has 0 radical (unpaired) electrons. The normalized spacial score (nSPS) is 12.9. The van der Waals surface area contributed by atoms with Gasteiger partial charge in [-0.25, -0.2) is 3.63 Å². The average Bonchev–Trinajstić information content (AvgIpc) is 2.84. The van der Waals surface area contributed by atoms with E-state index in [1.807, 2.05) is 0 Å². The molecule has 0 unspecified atom stereocenters. The highest BCUT2D eigenvalue weighted by Crippen LogP contribution is 2.70. The molecule has 4 aromatic carbocycles. The second kappa shape index (κ2) is 9.41. The van der Waals surface area contributed by atoms with Gasteiger partial charge in [0.25, 0.3) is 0 Å². The molecule has 3 N–H and O–H groups in total. The van der Waals surface area contributed by atoms with Gasteiger partial charge in [0.15, 0.2) is 0 Å². The Labute approximate surface area is 206 Å². The van der Waals surface area contributed by atoms with Crippen molar-refractivity contribution < 1.29 is 40.5 Å². The van der Waals surface area contributed by atoms with Crippen LogP contribution in [0.25, 0.3) is 0 Å². The van der Waals surface area contributed by atoms with Gasteiger partial charge >= 0.3 is 16.3 Å². The lowest BCUT2D eigenvalue weighted by Gasteiger charge is -2.39. The van der Waals surface area contributed by atoms with E-state index in [4.69, 9.17) is 3.63 Å². The third kappa shape index (κ3) is 4.85. The maximum Gasteiger partial charge on any atom is 0.417 e. The predicted octanol–water partition coefficient (Wildman–Crippen LogP) is 6.42. The number of aromatic hydroxyl groups is 3. The Morgan fingerprint density at radius 3 is 1.31 bits per heavy atom. The van der Waals surface area contributed by atoms with E-state index in [1.165, 1.54) is 72.8 Å². The molecule has 6 nitrogen and oxygen atoms in total. The number of benzene rings is 4. The monoisotopic (exact) mass is 536 g/mol. The average molecular weight is 537 g/mol. The second-order valence-electron chi connectivity index (χ2n) is 7.55. The van der Waals surface area contributed by atoms with Gasteiger partial charge in [0.05, 0.1) is 5.56 Å². The Morgan fingerprint density at radius 1 is 0.583 bits per heavy atom. The molecular formula is C25H19F3O6S2. The molecule has 0 bridgehead atoms. The largest absolute Gasteiger partial charge is 0.508 e. The SMILES string of the molecule is O=S(=O)(OS(c1ccc(O)cc1)(c1ccc(O)cc1)c1ccc(O)cc1)c1ccccc1C(F)(F)F. The van der Waals surface area contributed by atoms with Crippen molar-refractivity contribution >= 4 is 20.4 Å². The zero-order valence-electron chi connectivity index (χ0n) is 18.3. The molecule has 188 valence electrons. The van der Waals surface area contributed by atoms with E-state index in [0.717, 1.165) is 18.2 Å². The summed E-state index contributed by atoms with van der Waals surface area (Å²) in [6, 6.07) is 19.8. The molecule has 0 aliphatic carbocycles. The Morgan fingerprint density at radius 2 is 0.944 bits per heavy atom. The minimum atomic E-state index is -5.08. The summed E-state index contributed by atoms with van der Waals surface area (Å²) in [6.07, 6.45) is -4.97. The van der Waals surface area contributed by atoms with Crippen LogP contribution < -0.4 is 0 Å². The van der Waals surface area contributed by atoms with Gasteiger partial charge in [-0.1, -0.05) is 12.1 Å². The Hall–Kier alpha value is -3.67. The van der Waals surface area contributed by atoms with Crippen molar-refractivity contribution in [3.8, 4) is 17.2 Å². The topological polar surface area (TPSA) is 104 Å². The van der Waals surface area contributed by atoms with Crippen molar-refractivity contribution in [1.82, 2.24) is 0 Å². The molecule has 0 fully saturated rings. The maximum absolute atomic E-state index is 13.7. The first-order valence-electron chi connectivity index (χ1n) is 10.3. The molecule has 0 saturated carbocycles. The number of phenolic OH excluding ortho intramolecular Hbond substituents is 3. The quantitative estimate of drug-likeness (QED) is 0.263. The van der Waals surface area contributed by atoms with Crippen LogP contribution in [0.2, 0.25) is 0 Å². The summed E-state index contributed by atoms with van der Waals surface area (Å²) in [4.78, 5) is -0.384. The van der Waals surface area contributed by atoms with Crippen LogP contribution in [-0.2, 0) is 19.9 Å². The molecule has 0 aliphatic heterocycles. The Bertz CT molecular complexity index is 1360. The molecule has 0 heterocycles. The van der Waals surface area contributed by atoms with Crippen molar-refractivity contribution in [3.05, 3.63) is 103 Å². The van der Waals surface area contributed by atoms with Crippen LogP contribution >= 0.6 is 10.3 Å². The van der Waals surface area contributed by atoms with E-state index < -0.39 is 37.1 Å². The summed E-state index contributed by atoms with van der Waals surface area (Å²) in [7, 11) is -8.42. The molecule has 0 aliphatic rings. The molecule has 0 aromatic heterocycles. The summed E-state index contributed by atoms with van der Waals surface area (Å²) in [5, 5.41) is 29.5. The first-order chi connectivity index (χ1) is 16.9. The fraction of sp³-hybridized carbons (Fsp3) is 0.0400. The third-order valence-corrected chi connectivity index (χ3v) is 10.4. The van der Waals surface area contributed by atoms with Crippen molar-refractivity contribution in [3.63, 3.8) is 0 Å². The van der Waals surface area contributed by atoms with Gasteiger partial charge in [0, 0.05) is 14.7 Å². The van der Waals surface area contributed by atoms with Crippen LogP contribution in [0.15, 0.2) is 117 Å². The minimum absolute atomic E-state index is 0.131. The van der Waals surface area contributed by atoms with E-state index in [9.17, 15) is 36.9 Å². The molecule has 4 rings (SSSR count). The summed E-state index contributed by atoms with van der Waals surface area (Å²) >= 11 is 0. The van der Waals surface area contributed by atoms with E-state index in [1.54, 1.807) is 0 Å². The van der Waals surface area contributed by atoms with Crippen LogP contribution in [0.1, 0.15) is 5.56 Å². The molecule has 36 heavy (non-hydrogen) atoms. The Balaban J connectivity index is 2.05. The molecule has 0 atom stereocenters. The highest BCUT2D eigenvalue weighted by molar-refractivity contribution is 8.33. The van der Waals surface area contributed by atoms with Crippen LogP contribution in [0.5, 0.6) is 17.2 Å². The molecular weight excluding hydrogens is 517 g/mol. The van der Waals surface area contributed by atoms with E-state index >= 15 is 0 Å². The number of phenols is 3. The Kier molecular flexibility index (Phi) is 6.65. The van der Waals surface area contributed by atoms with Crippen LogP contribution in [0, 0.1) is 0 Å². The predicted molar refractivity (Wildman–Crippen MR) is 126 cm³/mol. The standard InChI is InChI=1S/C25H19F3O6S2/c26-25(27,28)23-3-1-2-4-24(23)36(32,33)34-35(20-11-5-17(29)6-12-20,21-13-7-18(30)8-14-21)22-15-9-19(31)10-16-22/h1-16,29-31H. The molecule has 0 saturated heterocycles. The highest BCUT2D eigenvalue weighted by Gasteiger charge is 2.42. The highest BCUT2D eigenvalue weighted by atomic mass is 32.3. The molecule has 11 heteroatoms. The number of hydrogen-bond acceptors (Lipinski definition) is 6. The second-order valence-corrected chi connectivity index (χ2v) is 12.0. The van der Waals surface area contributed by atoms with Gasteiger partial charge in [0.2, 0.25) is 0 Å². The minimum Gasteiger partial charge on any atom is -0.508 e. The molecule has 0 amide bonds. The van der Waals surface area contributed by atoms with Gasteiger partial charge in [-0.3, -0.25) is 0 Å². The first-order valence-corrected chi connectivity index (χ1v) is 13.2. The van der Waals surface area contributed by atoms with Crippen LogP contribution in [-0.4, -0.2) is 23.7 Å².